The lowest BCUT2D eigenvalue weighted by Crippen LogP contribution is -2.47. The van der Waals surface area contributed by atoms with Gasteiger partial charge in [0.15, 0.2) is 0 Å². The first-order valence-corrected chi connectivity index (χ1v) is 8.38. The van der Waals surface area contributed by atoms with Gasteiger partial charge in [-0.2, -0.15) is 0 Å². The first kappa shape index (κ1) is 15.5. The topological polar surface area (TPSA) is 41.6 Å². The summed E-state index contributed by atoms with van der Waals surface area (Å²) in [4.78, 5) is 14.5. The van der Waals surface area contributed by atoms with Crippen molar-refractivity contribution < 1.29 is 9.53 Å². The van der Waals surface area contributed by atoms with Crippen molar-refractivity contribution in [3.63, 3.8) is 0 Å². The van der Waals surface area contributed by atoms with Gasteiger partial charge in [-0.05, 0) is 23.8 Å². The minimum absolute atomic E-state index is 0.184. The summed E-state index contributed by atoms with van der Waals surface area (Å²) in [5.41, 5.74) is 1.41. The Labute approximate surface area is 132 Å². The third-order valence-electron chi connectivity index (χ3n) is 4.91. The van der Waals surface area contributed by atoms with Gasteiger partial charge < -0.3 is 15.0 Å². The van der Waals surface area contributed by atoms with Crippen LogP contribution in [0.25, 0.3) is 0 Å². The van der Waals surface area contributed by atoms with Crippen LogP contribution < -0.4 is 5.32 Å². The van der Waals surface area contributed by atoms with E-state index in [9.17, 15) is 4.79 Å². The van der Waals surface area contributed by atoms with Crippen molar-refractivity contribution in [3.05, 3.63) is 35.9 Å². The number of carbonyl (C=O) groups is 1. The predicted octanol–water partition coefficient (Wildman–Crippen LogP) is 2.02. The van der Waals surface area contributed by atoms with Gasteiger partial charge in [0.1, 0.15) is 0 Å². The van der Waals surface area contributed by atoms with Crippen molar-refractivity contribution in [1.29, 1.82) is 0 Å². The largest absolute Gasteiger partial charge is 0.378 e. The van der Waals surface area contributed by atoms with E-state index in [1.807, 2.05) is 4.90 Å². The summed E-state index contributed by atoms with van der Waals surface area (Å²) in [5, 5.41) is 3.36. The maximum Gasteiger partial charge on any atom is 0.224 e. The summed E-state index contributed by atoms with van der Waals surface area (Å²) in [6, 6.07) is 10.9. The molecule has 0 saturated carbocycles. The monoisotopic (exact) mass is 302 g/mol. The lowest BCUT2D eigenvalue weighted by molar-refractivity contribution is -0.134. The fourth-order valence-corrected chi connectivity index (χ4v) is 3.66. The van der Waals surface area contributed by atoms with E-state index >= 15 is 0 Å². The van der Waals surface area contributed by atoms with Gasteiger partial charge >= 0.3 is 0 Å². The zero-order valence-electron chi connectivity index (χ0n) is 13.3. The third kappa shape index (κ3) is 3.68. The number of hydrogen-bond acceptors (Lipinski definition) is 3. The number of benzene rings is 1. The highest BCUT2D eigenvalue weighted by atomic mass is 16.5. The molecule has 0 bridgehead atoms. The molecule has 2 heterocycles. The van der Waals surface area contributed by atoms with Crippen molar-refractivity contribution in [3.8, 4) is 0 Å². The number of amides is 1. The molecule has 1 aromatic carbocycles. The summed E-state index contributed by atoms with van der Waals surface area (Å²) >= 11 is 0. The fourth-order valence-electron chi connectivity index (χ4n) is 3.66. The molecule has 0 radical (unpaired) electrons. The van der Waals surface area contributed by atoms with Crippen molar-refractivity contribution in [2.24, 2.45) is 5.92 Å². The van der Waals surface area contributed by atoms with Crippen LogP contribution in [0.15, 0.2) is 30.3 Å². The lowest BCUT2D eigenvalue weighted by atomic mass is 9.81. The number of likely N-dealkylation sites (tertiary alicyclic amines) is 1. The summed E-state index contributed by atoms with van der Waals surface area (Å²) in [5.74, 6) is 1.35. The maximum atomic E-state index is 12.5. The summed E-state index contributed by atoms with van der Waals surface area (Å²) in [6.45, 7) is 6.26. The number of carbonyl (C=O) groups excluding carboxylic acids is 1. The van der Waals surface area contributed by atoms with Gasteiger partial charge in [0.25, 0.3) is 0 Å². The van der Waals surface area contributed by atoms with Crippen molar-refractivity contribution in [2.75, 3.05) is 32.8 Å². The van der Waals surface area contributed by atoms with Gasteiger partial charge in [0.05, 0.1) is 13.2 Å². The third-order valence-corrected chi connectivity index (χ3v) is 4.91. The molecule has 2 fully saturated rings. The molecule has 4 nitrogen and oxygen atoms in total. The minimum Gasteiger partial charge on any atom is -0.378 e. The molecule has 3 atom stereocenters. The van der Waals surface area contributed by atoms with Crippen LogP contribution in [0.1, 0.15) is 31.2 Å². The highest BCUT2D eigenvalue weighted by Crippen LogP contribution is 2.32. The van der Waals surface area contributed by atoms with E-state index in [-0.39, 0.29) is 11.9 Å². The van der Waals surface area contributed by atoms with Crippen LogP contribution in [0.4, 0.5) is 0 Å². The van der Waals surface area contributed by atoms with Gasteiger partial charge in [0, 0.05) is 32.1 Å². The maximum absolute atomic E-state index is 12.5. The van der Waals surface area contributed by atoms with Crippen molar-refractivity contribution in [1.82, 2.24) is 10.2 Å². The highest BCUT2D eigenvalue weighted by molar-refractivity contribution is 5.77. The van der Waals surface area contributed by atoms with Gasteiger partial charge in [-0.25, -0.2) is 0 Å². The number of nitrogens with zero attached hydrogens (tertiary/aromatic N) is 1. The number of rotatable bonds is 3. The molecular weight excluding hydrogens is 276 g/mol. The molecule has 3 unspecified atom stereocenters. The van der Waals surface area contributed by atoms with E-state index in [0.717, 1.165) is 32.7 Å². The Morgan fingerprint density at radius 3 is 2.86 bits per heavy atom. The highest BCUT2D eigenvalue weighted by Gasteiger charge is 2.30. The first-order valence-electron chi connectivity index (χ1n) is 8.38. The summed E-state index contributed by atoms with van der Waals surface area (Å²) in [7, 11) is 0. The molecule has 0 spiro atoms. The number of nitrogens with one attached hydrogen (secondary N) is 1. The molecule has 0 aromatic heterocycles. The van der Waals surface area contributed by atoms with Crippen LogP contribution in [0.2, 0.25) is 0 Å². The standard InChI is InChI=1S/C18H26N2O2/c1-14-12-20(18(21)11-16-13-22-10-8-19-16)9-7-17(14)15-5-3-2-4-6-15/h2-6,14,16-17,19H,7-13H2,1H3. The van der Waals surface area contributed by atoms with Crippen LogP contribution in [0.3, 0.4) is 0 Å². The number of morpholine rings is 1. The molecule has 4 heteroatoms. The van der Waals surface area contributed by atoms with E-state index in [1.54, 1.807) is 0 Å². The Morgan fingerprint density at radius 2 is 2.18 bits per heavy atom. The Bertz CT molecular complexity index is 485. The second kappa shape index (κ2) is 7.25. The Morgan fingerprint density at radius 1 is 1.36 bits per heavy atom. The molecule has 3 rings (SSSR count). The average molecular weight is 302 g/mol. The van der Waals surface area contributed by atoms with Gasteiger partial charge in [-0.1, -0.05) is 37.3 Å². The van der Waals surface area contributed by atoms with Crippen molar-refractivity contribution >= 4 is 5.91 Å². The normalized spacial score (nSPS) is 29.3. The van der Waals surface area contributed by atoms with Gasteiger partial charge in [-0.3, -0.25) is 4.79 Å². The van der Waals surface area contributed by atoms with E-state index in [1.165, 1.54) is 5.56 Å². The van der Waals surface area contributed by atoms with Crippen LogP contribution in [0, 0.1) is 5.92 Å². The van der Waals surface area contributed by atoms with E-state index < -0.39 is 0 Å². The molecule has 2 saturated heterocycles. The fraction of sp³-hybridized carbons (Fsp3) is 0.611. The molecule has 120 valence electrons. The second-order valence-corrected chi connectivity index (χ2v) is 6.55. The summed E-state index contributed by atoms with van der Waals surface area (Å²) < 4.78 is 5.43. The molecule has 2 aliphatic rings. The van der Waals surface area contributed by atoms with Crippen LogP contribution in [-0.2, 0) is 9.53 Å². The molecular formula is C18H26N2O2. The smallest absolute Gasteiger partial charge is 0.224 e. The minimum atomic E-state index is 0.184. The predicted molar refractivity (Wildman–Crippen MR) is 86.8 cm³/mol. The molecule has 1 aromatic rings. The lowest BCUT2D eigenvalue weighted by Gasteiger charge is -2.38. The Balaban J connectivity index is 1.54. The average Bonchev–Trinajstić information content (AvgIpc) is 2.56. The Kier molecular flexibility index (Phi) is 5.11. The summed E-state index contributed by atoms with van der Waals surface area (Å²) in [6.07, 6.45) is 1.62. The van der Waals surface area contributed by atoms with Crippen LogP contribution in [-0.4, -0.2) is 49.7 Å². The SMILES string of the molecule is CC1CN(C(=O)CC2COCCN2)CCC1c1ccccc1. The van der Waals surface area contributed by atoms with Crippen LogP contribution in [0.5, 0.6) is 0 Å². The van der Waals surface area contributed by atoms with Crippen LogP contribution >= 0.6 is 0 Å². The van der Waals surface area contributed by atoms with E-state index in [0.29, 0.717) is 24.9 Å². The number of ether oxygens (including phenoxy) is 1. The Hall–Kier alpha value is -1.39. The zero-order valence-corrected chi connectivity index (χ0v) is 13.3. The van der Waals surface area contributed by atoms with Crippen molar-refractivity contribution in [2.45, 2.75) is 31.7 Å². The zero-order chi connectivity index (χ0) is 15.4. The quantitative estimate of drug-likeness (QED) is 0.929. The van der Waals surface area contributed by atoms with Gasteiger partial charge in [0.2, 0.25) is 5.91 Å². The van der Waals surface area contributed by atoms with E-state index in [4.69, 9.17) is 4.74 Å². The van der Waals surface area contributed by atoms with Gasteiger partial charge in [-0.15, -0.1) is 0 Å². The molecule has 22 heavy (non-hydrogen) atoms. The molecule has 1 amide bonds. The molecule has 0 aliphatic carbocycles. The van der Waals surface area contributed by atoms with E-state index in [2.05, 4.69) is 42.6 Å². The molecule has 1 N–H and O–H groups in total. The molecule has 2 aliphatic heterocycles. The number of piperidine rings is 1. The second-order valence-electron chi connectivity index (χ2n) is 6.55. The number of hydrogen-bond donors (Lipinski definition) is 1. The first-order chi connectivity index (χ1) is 10.7.